The maximum Gasteiger partial charge on any atom is 0.306 e. The van der Waals surface area contributed by atoms with Crippen LogP contribution >= 0.6 is 0 Å². The second kappa shape index (κ2) is 14.6. The Balaban J connectivity index is 4.11. The molecule has 0 aromatic heterocycles. The predicted molar refractivity (Wildman–Crippen MR) is 109 cm³/mol. The van der Waals surface area contributed by atoms with Crippen molar-refractivity contribution in [2.24, 2.45) is 5.41 Å². The third kappa shape index (κ3) is 12.6. The van der Waals surface area contributed by atoms with Gasteiger partial charge in [0.15, 0.2) is 0 Å². The van der Waals surface area contributed by atoms with Crippen LogP contribution in [0.5, 0.6) is 0 Å². The van der Waals surface area contributed by atoms with E-state index in [4.69, 9.17) is 4.74 Å². The third-order valence-corrected chi connectivity index (χ3v) is 4.51. The van der Waals surface area contributed by atoms with Gasteiger partial charge in [0.1, 0.15) is 6.61 Å². The summed E-state index contributed by atoms with van der Waals surface area (Å²) in [7, 11) is 0. The number of carbonyl (C=O) groups excluding carboxylic acids is 1. The first-order valence-corrected chi connectivity index (χ1v) is 9.71. The standard InChI is InChI=1S/C22H38O5/c1-18(2)8-5-9-19(3)10-6-11-20(4)12-7-13-21(26)27-17-22(14-23,15-24)16-25/h8,10,12,23-25H,5-7,9,11,13-17H2,1-4H3/b19-10+,20-12?. The lowest BCUT2D eigenvalue weighted by Gasteiger charge is -2.26. The van der Waals surface area contributed by atoms with Crippen LogP contribution in [-0.2, 0) is 9.53 Å². The maximum atomic E-state index is 11.8. The summed E-state index contributed by atoms with van der Waals surface area (Å²) in [6.07, 6.45) is 11.6. The molecule has 0 saturated heterocycles. The molecule has 0 unspecified atom stereocenters. The number of aliphatic hydroxyl groups is 3. The zero-order valence-electron chi connectivity index (χ0n) is 17.5. The Hall–Kier alpha value is -1.43. The molecule has 0 heterocycles. The highest BCUT2D eigenvalue weighted by atomic mass is 16.5. The number of hydrogen-bond donors (Lipinski definition) is 3. The average Bonchev–Trinajstić information content (AvgIpc) is 2.63. The Morgan fingerprint density at radius 1 is 0.778 bits per heavy atom. The summed E-state index contributed by atoms with van der Waals surface area (Å²) in [6.45, 7) is 6.96. The van der Waals surface area contributed by atoms with E-state index in [-0.39, 0.29) is 13.0 Å². The summed E-state index contributed by atoms with van der Waals surface area (Å²) in [5, 5.41) is 27.6. The molecule has 5 heteroatoms. The Bertz CT molecular complexity index is 501. The minimum atomic E-state index is -1.17. The van der Waals surface area contributed by atoms with E-state index in [0.717, 1.165) is 25.7 Å². The van der Waals surface area contributed by atoms with Gasteiger partial charge in [-0.05, 0) is 59.8 Å². The van der Waals surface area contributed by atoms with Crippen molar-refractivity contribution in [1.82, 2.24) is 0 Å². The van der Waals surface area contributed by atoms with Crippen LogP contribution in [0.25, 0.3) is 0 Å². The molecule has 0 aromatic carbocycles. The number of esters is 1. The van der Waals surface area contributed by atoms with Crippen molar-refractivity contribution in [2.75, 3.05) is 26.4 Å². The zero-order valence-corrected chi connectivity index (χ0v) is 17.5. The summed E-state index contributed by atoms with van der Waals surface area (Å²) in [5.74, 6) is -0.395. The van der Waals surface area contributed by atoms with Gasteiger partial charge >= 0.3 is 5.97 Å². The van der Waals surface area contributed by atoms with Gasteiger partial charge in [0.2, 0.25) is 0 Å². The van der Waals surface area contributed by atoms with Crippen LogP contribution in [0.2, 0.25) is 0 Å². The van der Waals surface area contributed by atoms with Gasteiger partial charge in [0.25, 0.3) is 0 Å². The van der Waals surface area contributed by atoms with E-state index >= 15 is 0 Å². The first kappa shape index (κ1) is 25.6. The van der Waals surface area contributed by atoms with E-state index in [1.54, 1.807) is 0 Å². The highest BCUT2D eigenvalue weighted by Crippen LogP contribution is 2.16. The molecule has 27 heavy (non-hydrogen) atoms. The Labute approximate surface area is 164 Å². The topological polar surface area (TPSA) is 87.0 Å². The Kier molecular flexibility index (Phi) is 13.8. The molecule has 0 saturated carbocycles. The van der Waals surface area contributed by atoms with Gasteiger partial charge in [-0.2, -0.15) is 0 Å². The van der Waals surface area contributed by atoms with Gasteiger partial charge in [0, 0.05) is 6.42 Å². The van der Waals surface area contributed by atoms with Gasteiger partial charge in [-0.1, -0.05) is 34.9 Å². The fourth-order valence-corrected chi connectivity index (χ4v) is 2.37. The lowest BCUT2D eigenvalue weighted by Crippen LogP contribution is -2.39. The molecule has 0 bridgehead atoms. The minimum absolute atomic E-state index is 0.186. The first-order chi connectivity index (χ1) is 12.8. The minimum Gasteiger partial charge on any atom is -0.465 e. The van der Waals surface area contributed by atoms with Gasteiger partial charge < -0.3 is 20.1 Å². The summed E-state index contributed by atoms with van der Waals surface area (Å²) < 4.78 is 5.07. The van der Waals surface area contributed by atoms with Crippen LogP contribution < -0.4 is 0 Å². The molecule has 3 N–H and O–H groups in total. The van der Waals surface area contributed by atoms with Crippen molar-refractivity contribution in [2.45, 2.75) is 66.2 Å². The molecule has 0 aliphatic heterocycles. The molecule has 0 atom stereocenters. The van der Waals surface area contributed by atoms with Gasteiger partial charge in [0.05, 0.1) is 25.2 Å². The third-order valence-electron chi connectivity index (χ3n) is 4.51. The van der Waals surface area contributed by atoms with E-state index in [9.17, 15) is 20.1 Å². The molecule has 0 rings (SSSR count). The van der Waals surface area contributed by atoms with Crippen molar-refractivity contribution in [1.29, 1.82) is 0 Å². The highest BCUT2D eigenvalue weighted by Gasteiger charge is 2.29. The molecular weight excluding hydrogens is 344 g/mol. The second-order valence-corrected chi connectivity index (χ2v) is 7.63. The quantitative estimate of drug-likeness (QED) is 0.315. The number of aliphatic hydroxyl groups excluding tert-OH is 3. The summed E-state index contributed by atoms with van der Waals surface area (Å²) >= 11 is 0. The number of allylic oxidation sites excluding steroid dienone is 6. The van der Waals surface area contributed by atoms with Crippen LogP contribution in [0.4, 0.5) is 0 Å². The van der Waals surface area contributed by atoms with E-state index in [1.807, 2.05) is 6.08 Å². The van der Waals surface area contributed by atoms with Crippen LogP contribution in [0, 0.1) is 5.41 Å². The number of hydrogen-bond acceptors (Lipinski definition) is 5. The fraction of sp³-hybridized carbons (Fsp3) is 0.682. The molecule has 0 spiro atoms. The molecule has 5 nitrogen and oxygen atoms in total. The highest BCUT2D eigenvalue weighted by molar-refractivity contribution is 5.69. The molecule has 0 fully saturated rings. The van der Waals surface area contributed by atoms with Crippen molar-refractivity contribution >= 4 is 5.97 Å². The van der Waals surface area contributed by atoms with Gasteiger partial charge in [-0.25, -0.2) is 0 Å². The lowest BCUT2D eigenvalue weighted by molar-refractivity contribution is -0.151. The average molecular weight is 383 g/mol. The Morgan fingerprint density at radius 2 is 1.22 bits per heavy atom. The SMILES string of the molecule is CC(C)=CCC/C(C)=C/CCC(C)=CCCC(=O)OCC(CO)(CO)CO. The first-order valence-electron chi connectivity index (χ1n) is 9.71. The molecule has 156 valence electrons. The molecule has 0 aliphatic rings. The van der Waals surface area contributed by atoms with Crippen LogP contribution in [0.15, 0.2) is 34.9 Å². The van der Waals surface area contributed by atoms with Crippen LogP contribution in [0.3, 0.4) is 0 Å². The van der Waals surface area contributed by atoms with Gasteiger partial charge in [-0.15, -0.1) is 0 Å². The largest absolute Gasteiger partial charge is 0.465 e. The smallest absolute Gasteiger partial charge is 0.306 e. The molecule has 0 aromatic rings. The number of rotatable bonds is 14. The molecule has 0 radical (unpaired) electrons. The van der Waals surface area contributed by atoms with E-state index < -0.39 is 31.2 Å². The number of ether oxygens (including phenoxy) is 1. The van der Waals surface area contributed by atoms with E-state index in [1.165, 1.54) is 16.7 Å². The van der Waals surface area contributed by atoms with Crippen molar-refractivity contribution < 1.29 is 24.9 Å². The van der Waals surface area contributed by atoms with E-state index in [2.05, 4.69) is 39.8 Å². The lowest BCUT2D eigenvalue weighted by atomic mass is 9.93. The molecule has 0 amide bonds. The molecule has 0 aliphatic carbocycles. The number of carbonyl (C=O) groups is 1. The summed E-state index contributed by atoms with van der Waals surface area (Å²) in [4.78, 5) is 11.8. The second-order valence-electron chi connectivity index (χ2n) is 7.63. The Morgan fingerprint density at radius 3 is 1.67 bits per heavy atom. The zero-order chi connectivity index (χ0) is 20.7. The van der Waals surface area contributed by atoms with Crippen LogP contribution in [-0.4, -0.2) is 47.7 Å². The fourth-order valence-electron chi connectivity index (χ4n) is 2.37. The monoisotopic (exact) mass is 382 g/mol. The van der Waals surface area contributed by atoms with Crippen molar-refractivity contribution in [3.63, 3.8) is 0 Å². The summed E-state index contributed by atoms with van der Waals surface area (Å²) in [5.41, 5.74) is 2.84. The maximum absolute atomic E-state index is 11.8. The molecular formula is C22H38O5. The summed E-state index contributed by atoms with van der Waals surface area (Å²) in [6, 6.07) is 0. The normalized spacial score (nSPS) is 12.9. The van der Waals surface area contributed by atoms with Crippen molar-refractivity contribution in [3.8, 4) is 0 Å². The van der Waals surface area contributed by atoms with E-state index in [0.29, 0.717) is 6.42 Å². The predicted octanol–water partition coefficient (Wildman–Crippen LogP) is 3.69. The van der Waals surface area contributed by atoms with Crippen LogP contribution in [0.1, 0.15) is 66.2 Å². The van der Waals surface area contributed by atoms with Crippen molar-refractivity contribution in [3.05, 3.63) is 34.9 Å². The van der Waals surface area contributed by atoms with Gasteiger partial charge in [-0.3, -0.25) is 4.79 Å².